The number of hydrogen-bond donors (Lipinski definition) is 4. The van der Waals surface area contributed by atoms with E-state index in [4.69, 9.17) is 9.47 Å². The van der Waals surface area contributed by atoms with Crippen molar-refractivity contribution in [2.24, 2.45) is 5.10 Å². The SMILES string of the molecule is COc1cc(C2CC(C(=O)N/N=C/c3ccc(O)cc3)NN2)ccc1OCc1ccccc1. The summed E-state index contributed by atoms with van der Waals surface area (Å²) in [5.41, 5.74) is 11.5. The van der Waals surface area contributed by atoms with Gasteiger partial charge in [-0.1, -0.05) is 36.4 Å². The molecule has 4 N–H and O–H groups in total. The van der Waals surface area contributed by atoms with Crippen LogP contribution in [0.25, 0.3) is 0 Å². The van der Waals surface area contributed by atoms with E-state index in [9.17, 15) is 9.90 Å². The lowest BCUT2D eigenvalue weighted by Gasteiger charge is -2.15. The Labute approximate surface area is 192 Å². The van der Waals surface area contributed by atoms with Gasteiger partial charge in [-0.15, -0.1) is 0 Å². The normalized spacial score (nSPS) is 17.7. The highest BCUT2D eigenvalue weighted by Gasteiger charge is 2.30. The molecule has 170 valence electrons. The third-order valence-corrected chi connectivity index (χ3v) is 5.33. The maximum atomic E-state index is 12.5. The van der Waals surface area contributed by atoms with E-state index in [1.165, 1.54) is 6.21 Å². The summed E-state index contributed by atoms with van der Waals surface area (Å²) in [6.07, 6.45) is 2.07. The predicted octanol–water partition coefficient (Wildman–Crippen LogP) is 3.04. The number of aromatic hydroxyl groups is 1. The minimum absolute atomic E-state index is 0.0705. The molecule has 0 radical (unpaired) electrons. The zero-order valence-corrected chi connectivity index (χ0v) is 18.2. The fourth-order valence-corrected chi connectivity index (χ4v) is 3.51. The van der Waals surface area contributed by atoms with Gasteiger partial charge in [0.1, 0.15) is 18.4 Å². The van der Waals surface area contributed by atoms with Crippen LogP contribution in [0.4, 0.5) is 0 Å². The Hall–Kier alpha value is -3.88. The maximum Gasteiger partial charge on any atom is 0.258 e. The van der Waals surface area contributed by atoms with E-state index in [1.807, 2.05) is 48.5 Å². The van der Waals surface area contributed by atoms with Crippen molar-refractivity contribution >= 4 is 12.1 Å². The van der Waals surface area contributed by atoms with Crippen molar-refractivity contribution in [3.8, 4) is 17.2 Å². The molecule has 1 aliphatic rings. The van der Waals surface area contributed by atoms with Crippen molar-refractivity contribution < 1.29 is 19.4 Å². The highest BCUT2D eigenvalue weighted by molar-refractivity contribution is 5.85. The summed E-state index contributed by atoms with van der Waals surface area (Å²) >= 11 is 0. The van der Waals surface area contributed by atoms with Crippen LogP contribution in [0.1, 0.15) is 29.2 Å². The van der Waals surface area contributed by atoms with E-state index in [0.717, 1.165) is 16.7 Å². The van der Waals surface area contributed by atoms with Gasteiger partial charge in [-0.25, -0.2) is 16.3 Å². The molecule has 1 aliphatic heterocycles. The molecule has 8 heteroatoms. The topological polar surface area (TPSA) is 104 Å². The Morgan fingerprint density at radius 1 is 1.09 bits per heavy atom. The van der Waals surface area contributed by atoms with Crippen LogP contribution in [0, 0.1) is 0 Å². The number of hydrazone groups is 1. The van der Waals surface area contributed by atoms with Crippen molar-refractivity contribution in [2.45, 2.75) is 25.1 Å². The van der Waals surface area contributed by atoms with Gasteiger partial charge >= 0.3 is 0 Å². The van der Waals surface area contributed by atoms with Gasteiger partial charge < -0.3 is 14.6 Å². The van der Waals surface area contributed by atoms with E-state index in [-0.39, 0.29) is 17.7 Å². The summed E-state index contributed by atoms with van der Waals surface area (Å²) in [7, 11) is 1.61. The van der Waals surface area contributed by atoms with E-state index in [1.54, 1.807) is 31.4 Å². The molecular weight excluding hydrogens is 420 g/mol. The van der Waals surface area contributed by atoms with Crippen LogP contribution in [0.3, 0.4) is 0 Å². The van der Waals surface area contributed by atoms with Crippen LogP contribution in [-0.4, -0.2) is 30.4 Å². The first-order valence-corrected chi connectivity index (χ1v) is 10.6. The number of hydrazine groups is 1. The predicted molar refractivity (Wildman–Crippen MR) is 125 cm³/mol. The van der Waals surface area contributed by atoms with E-state index in [0.29, 0.717) is 24.5 Å². The second-order valence-corrected chi connectivity index (χ2v) is 7.64. The number of carbonyl (C=O) groups is 1. The molecule has 33 heavy (non-hydrogen) atoms. The summed E-state index contributed by atoms with van der Waals surface area (Å²) in [6.45, 7) is 0.451. The molecule has 2 unspecified atom stereocenters. The fourth-order valence-electron chi connectivity index (χ4n) is 3.51. The number of rotatable bonds is 8. The molecule has 8 nitrogen and oxygen atoms in total. The molecule has 0 aliphatic carbocycles. The molecule has 0 aromatic heterocycles. The van der Waals surface area contributed by atoms with Crippen molar-refractivity contribution in [3.63, 3.8) is 0 Å². The summed E-state index contributed by atoms with van der Waals surface area (Å²) in [5.74, 6) is 1.23. The number of nitrogens with zero attached hydrogens (tertiary/aromatic N) is 1. The van der Waals surface area contributed by atoms with Crippen LogP contribution in [-0.2, 0) is 11.4 Å². The van der Waals surface area contributed by atoms with Crippen LogP contribution < -0.4 is 25.8 Å². The molecule has 1 heterocycles. The number of amides is 1. The molecule has 0 spiro atoms. The largest absolute Gasteiger partial charge is 0.508 e. The van der Waals surface area contributed by atoms with Gasteiger partial charge in [0, 0.05) is 6.04 Å². The van der Waals surface area contributed by atoms with Crippen LogP contribution in [0.15, 0.2) is 77.9 Å². The number of methoxy groups -OCH3 is 1. The number of phenols is 1. The lowest BCUT2D eigenvalue weighted by atomic mass is 10.0. The van der Waals surface area contributed by atoms with Gasteiger partial charge in [-0.2, -0.15) is 5.10 Å². The van der Waals surface area contributed by atoms with E-state index < -0.39 is 6.04 Å². The first kappa shape index (κ1) is 22.3. The van der Waals surface area contributed by atoms with Crippen molar-refractivity contribution in [1.82, 2.24) is 16.3 Å². The molecule has 1 fully saturated rings. The summed E-state index contributed by atoms with van der Waals surface area (Å²) < 4.78 is 11.4. The third-order valence-electron chi connectivity index (χ3n) is 5.33. The summed E-state index contributed by atoms with van der Waals surface area (Å²) in [4.78, 5) is 12.5. The van der Waals surface area contributed by atoms with Gasteiger partial charge in [-0.05, 0) is 59.5 Å². The molecule has 2 atom stereocenters. The molecule has 4 rings (SSSR count). The van der Waals surface area contributed by atoms with Crippen LogP contribution in [0.2, 0.25) is 0 Å². The molecule has 3 aromatic rings. The van der Waals surface area contributed by atoms with Crippen molar-refractivity contribution in [1.29, 1.82) is 0 Å². The first-order chi connectivity index (χ1) is 16.1. The maximum absolute atomic E-state index is 12.5. The van der Waals surface area contributed by atoms with Crippen LogP contribution >= 0.6 is 0 Å². The monoisotopic (exact) mass is 446 g/mol. The standard InChI is InChI=1S/C25H26N4O4/c1-32-24-13-19(9-12-23(24)33-16-18-5-3-2-4-6-18)21-14-22(28-27-21)25(31)29-26-15-17-7-10-20(30)11-8-17/h2-13,15,21-22,27-28,30H,14,16H2,1H3,(H,29,31)/b26-15+. The Bertz CT molecular complexity index is 1100. The minimum atomic E-state index is -0.438. The molecule has 0 bridgehead atoms. The van der Waals surface area contributed by atoms with Gasteiger partial charge in [-0.3, -0.25) is 4.79 Å². The zero-order chi connectivity index (χ0) is 23.0. The minimum Gasteiger partial charge on any atom is -0.508 e. The highest BCUT2D eigenvalue weighted by Crippen LogP contribution is 2.33. The Kier molecular flexibility index (Phi) is 7.19. The number of hydrogen-bond acceptors (Lipinski definition) is 7. The molecule has 1 saturated heterocycles. The number of nitrogens with one attached hydrogen (secondary N) is 3. The van der Waals surface area contributed by atoms with E-state index in [2.05, 4.69) is 21.4 Å². The first-order valence-electron chi connectivity index (χ1n) is 10.6. The Morgan fingerprint density at radius 3 is 2.64 bits per heavy atom. The Morgan fingerprint density at radius 2 is 1.88 bits per heavy atom. The van der Waals surface area contributed by atoms with Gasteiger partial charge in [0.25, 0.3) is 5.91 Å². The second-order valence-electron chi connectivity index (χ2n) is 7.64. The molecule has 1 amide bonds. The fraction of sp³-hybridized carbons (Fsp3) is 0.200. The summed E-state index contributed by atoms with van der Waals surface area (Å²) in [6, 6.07) is 21.7. The molecule has 3 aromatic carbocycles. The summed E-state index contributed by atoms with van der Waals surface area (Å²) in [5, 5.41) is 13.3. The van der Waals surface area contributed by atoms with Gasteiger partial charge in [0.15, 0.2) is 11.5 Å². The lowest BCUT2D eigenvalue weighted by Crippen LogP contribution is -2.41. The number of benzene rings is 3. The molecular formula is C25H26N4O4. The number of carbonyl (C=O) groups excluding carboxylic acids is 1. The third kappa shape index (κ3) is 5.88. The average Bonchev–Trinajstić information content (AvgIpc) is 3.35. The Balaban J connectivity index is 1.33. The van der Waals surface area contributed by atoms with Gasteiger partial charge in [0.05, 0.1) is 13.3 Å². The zero-order valence-electron chi connectivity index (χ0n) is 18.2. The number of phenolic OH excluding ortho intramolecular Hbond substituents is 1. The second kappa shape index (κ2) is 10.6. The van der Waals surface area contributed by atoms with Crippen molar-refractivity contribution in [2.75, 3.05) is 7.11 Å². The van der Waals surface area contributed by atoms with Crippen LogP contribution in [0.5, 0.6) is 17.2 Å². The number of ether oxygens (including phenoxy) is 2. The van der Waals surface area contributed by atoms with E-state index >= 15 is 0 Å². The average molecular weight is 447 g/mol. The highest BCUT2D eigenvalue weighted by atomic mass is 16.5. The lowest BCUT2D eigenvalue weighted by molar-refractivity contribution is -0.122. The quantitative estimate of drug-likeness (QED) is 0.313. The van der Waals surface area contributed by atoms with Crippen molar-refractivity contribution in [3.05, 3.63) is 89.5 Å². The van der Waals surface area contributed by atoms with Gasteiger partial charge in [0.2, 0.25) is 0 Å². The smallest absolute Gasteiger partial charge is 0.258 e. The molecule has 0 saturated carbocycles.